The Labute approximate surface area is 196 Å². The van der Waals surface area contributed by atoms with Crippen LogP contribution in [0.4, 0.5) is 16.2 Å². The maximum Gasteiger partial charge on any atom is 0.323 e. The van der Waals surface area contributed by atoms with Crippen molar-refractivity contribution < 1.29 is 4.79 Å². The third-order valence-electron chi connectivity index (χ3n) is 4.53. The number of aromatic amines is 1. The van der Waals surface area contributed by atoms with Crippen molar-refractivity contribution in [1.29, 1.82) is 0 Å². The van der Waals surface area contributed by atoms with Crippen LogP contribution in [0.1, 0.15) is 5.56 Å². The topological polar surface area (TPSA) is 78.9 Å². The Kier molecular flexibility index (Phi) is 6.16. The van der Waals surface area contributed by atoms with Crippen LogP contribution in [0.25, 0.3) is 10.9 Å². The van der Waals surface area contributed by atoms with Crippen LogP contribution in [0.2, 0.25) is 20.1 Å². The van der Waals surface area contributed by atoms with Crippen molar-refractivity contribution in [2.75, 3.05) is 10.6 Å². The van der Waals surface area contributed by atoms with Crippen molar-refractivity contribution in [1.82, 2.24) is 9.78 Å². The van der Waals surface area contributed by atoms with Gasteiger partial charge in [0.1, 0.15) is 0 Å². The fourth-order valence-corrected chi connectivity index (χ4v) is 3.71. The molecule has 0 saturated carbocycles. The zero-order chi connectivity index (χ0) is 22.1. The van der Waals surface area contributed by atoms with Crippen molar-refractivity contribution in [2.45, 2.75) is 6.54 Å². The predicted molar refractivity (Wildman–Crippen MR) is 127 cm³/mol. The van der Waals surface area contributed by atoms with Crippen LogP contribution in [0, 0.1) is 0 Å². The molecule has 3 aromatic carbocycles. The zero-order valence-electron chi connectivity index (χ0n) is 15.7. The van der Waals surface area contributed by atoms with Crippen LogP contribution in [-0.2, 0) is 6.54 Å². The Bertz CT molecular complexity index is 1360. The van der Waals surface area contributed by atoms with E-state index in [4.69, 9.17) is 46.4 Å². The number of rotatable bonds is 4. The molecule has 0 aliphatic carbocycles. The lowest BCUT2D eigenvalue weighted by Crippen LogP contribution is -2.19. The van der Waals surface area contributed by atoms with Gasteiger partial charge < -0.3 is 10.6 Å². The molecule has 4 rings (SSSR count). The summed E-state index contributed by atoms with van der Waals surface area (Å²) in [6.07, 6.45) is 0. The number of benzene rings is 3. The molecular weight excluding hydrogens is 482 g/mol. The van der Waals surface area contributed by atoms with E-state index in [9.17, 15) is 9.59 Å². The number of H-pyrrole nitrogens is 1. The minimum absolute atomic E-state index is 0.274. The molecule has 0 unspecified atom stereocenters. The molecule has 0 aliphatic heterocycles. The zero-order valence-corrected chi connectivity index (χ0v) is 18.7. The molecule has 10 heteroatoms. The summed E-state index contributed by atoms with van der Waals surface area (Å²) in [4.78, 5) is 24.7. The van der Waals surface area contributed by atoms with Crippen LogP contribution in [-0.4, -0.2) is 15.8 Å². The average molecular weight is 496 g/mol. The molecule has 31 heavy (non-hydrogen) atoms. The van der Waals surface area contributed by atoms with Gasteiger partial charge in [-0.2, -0.15) is 0 Å². The Morgan fingerprint density at radius 1 is 0.806 bits per heavy atom. The molecule has 3 N–H and O–H groups in total. The molecule has 4 aromatic rings. The number of carbonyl (C=O) groups is 1. The number of carbonyl (C=O) groups excluding carboxylic acids is 1. The lowest BCUT2D eigenvalue weighted by atomic mass is 10.2. The minimum Gasteiger partial charge on any atom is -0.308 e. The highest BCUT2D eigenvalue weighted by atomic mass is 35.5. The van der Waals surface area contributed by atoms with E-state index in [-0.39, 0.29) is 5.56 Å². The van der Waals surface area contributed by atoms with Gasteiger partial charge in [-0.1, -0.05) is 52.5 Å². The van der Waals surface area contributed by atoms with Crippen LogP contribution in [0.3, 0.4) is 0 Å². The third-order valence-corrected chi connectivity index (χ3v) is 6.01. The number of nitrogens with one attached hydrogen (secondary N) is 3. The van der Waals surface area contributed by atoms with E-state index in [1.54, 1.807) is 53.2 Å². The monoisotopic (exact) mass is 494 g/mol. The van der Waals surface area contributed by atoms with E-state index in [1.807, 2.05) is 6.07 Å². The summed E-state index contributed by atoms with van der Waals surface area (Å²) in [5, 5.41) is 10.2. The first-order valence-corrected chi connectivity index (χ1v) is 10.5. The molecule has 1 heterocycles. The van der Waals surface area contributed by atoms with Crippen LogP contribution in [0.5, 0.6) is 0 Å². The molecule has 0 spiro atoms. The molecule has 0 fully saturated rings. The fourth-order valence-electron chi connectivity index (χ4n) is 3.09. The smallest absolute Gasteiger partial charge is 0.308 e. The van der Waals surface area contributed by atoms with Crippen molar-refractivity contribution >= 4 is 74.7 Å². The summed E-state index contributed by atoms with van der Waals surface area (Å²) < 4.78 is 1.71. The number of fused-ring (bicyclic) bond motifs is 1. The molecule has 6 nitrogen and oxygen atoms in total. The third kappa shape index (κ3) is 4.83. The first kappa shape index (κ1) is 21.6. The van der Waals surface area contributed by atoms with Crippen molar-refractivity contribution in [3.63, 3.8) is 0 Å². The summed E-state index contributed by atoms with van der Waals surface area (Å²) in [6.45, 7) is 0.403. The highest BCUT2D eigenvalue weighted by Gasteiger charge is 2.11. The number of hydrogen-bond acceptors (Lipinski definition) is 2. The number of amides is 2. The standard InChI is InChI=1S/C21H14Cl4N4O2/c22-15-4-1-11(7-17(15)24)10-29-19-6-3-12(8-14(19)20(30)28-29)26-21(31)27-13-2-5-16(23)18(25)9-13/h1-9H,10H2,(H,28,30)(H2,26,27,31). The van der Waals surface area contributed by atoms with Crippen molar-refractivity contribution in [3.8, 4) is 0 Å². The lowest BCUT2D eigenvalue weighted by molar-refractivity contribution is 0.262. The van der Waals surface area contributed by atoms with Crippen molar-refractivity contribution in [2.24, 2.45) is 0 Å². The molecular formula is C21H14Cl4N4O2. The van der Waals surface area contributed by atoms with E-state index in [0.717, 1.165) is 5.56 Å². The molecule has 0 radical (unpaired) electrons. The average Bonchev–Trinajstić information content (AvgIpc) is 3.02. The highest BCUT2D eigenvalue weighted by molar-refractivity contribution is 6.42. The Morgan fingerprint density at radius 2 is 1.42 bits per heavy atom. The van der Waals surface area contributed by atoms with Crippen LogP contribution in [0.15, 0.2) is 59.4 Å². The molecule has 1 aromatic heterocycles. The first-order valence-electron chi connectivity index (χ1n) is 9.00. The number of nitrogens with zero attached hydrogens (tertiary/aromatic N) is 1. The summed E-state index contributed by atoms with van der Waals surface area (Å²) >= 11 is 23.9. The molecule has 2 amide bonds. The van der Waals surface area contributed by atoms with Gasteiger partial charge in [0.15, 0.2) is 0 Å². The van der Waals surface area contributed by atoms with Gasteiger partial charge >= 0.3 is 6.03 Å². The SMILES string of the molecule is O=C(Nc1ccc(Cl)c(Cl)c1)Nc1ccc2c(c1)c(=O)[nH]n2Cc1ccc(Cl)c(Cl)c1. The van der Waals surface area contributed by atoms with Gasteiger partial charge in [-0.25, -0.2) is 4.79 Å². The lowest BCUT2D eigenvalue weighted by Gasteiger charge is -2.09. The van der Waals surface area contributed by atoms with Gasteiger partial charge in [0.2, 0.25) is 0 Å². The van der Waals surface area contributed by atoms with Crippen LogP contribution >= 0.6 is 46.4 Å². The van der Waals surface area contributed by atoms with Gasteiger partial charge in [-0.15, -0.1) is 0 Å². The second kappa shape index (κ2) is 8.85. The maximum atomic E-state index is 12.4. The summed E-state index contributed by atoms with van der Waals surface area (Å²) in [6, 6.07) is 14.6. The van der Waals surface area contributed by atoms with E-state index in [2.05, 4.69) is 15.7 Å². The van der Waals surface area contributed by atoms with Crippen LogP contribution < -0.4 is 16.2 Å². The van der Waals surface area contributed by atoms with E-state index >= 15 is 0 Å². The second-order valence-corrected chi connectivity index (χ2v) is 8.34. The van der Waals surface area contributed by atoms with Gasteiger partial charge in [0.05, 0.1) is 37.5 Å². The van der Waals surface area contributed by atoms with Crippen molar-refractivity contribution in [3.05, 3.63) is 90.6 Å². The molecule has 158 valence electrons. The number of anilines is 2. The fraction of sp³-hybridized carbons (Fsp3) is 0.0476. The Hall–Kier alpha value is -2.64. The second-order valence-electron chi connectivity index (χ2n) is 6.72. The largest absolute Gasteiger partial charge is 0.323 e. The van der Waals surface area contributed by atoms with Gasteiger partial charge in [0.25, 0.3) is 5.56 Å². The van der Waals surface area contributed by atoms with E-state index < -0.39 is 6.03 Å². The maximum absolute atomic E-state index is 12.4. The number of urea groups is 1. The summed E-state index contributed by atoms with van der Waals surface area (Å²) in [5.74, 6) is 0. The number of hydrogen-bond donors (Lipinski definition) is 3. The first-order chi connectivity index (χ1) is 14.8. The summed E-state index contributed by atoms with van der Waals surface area (Å²) in [5.41, 5.74) is 2.24. The van der Waals surface area contributed by atoms with E-state index in [0.29, 0.717) is 48.9 Å². The number of halogens is 4. The van der Waals surface area contributed by atoms with Gasteiger partial charge in [0, 0.05) is 11.4 Å². The molecule has 0 saturated heterocycles. The normalized spacial score (nSPS) is 11.0. The summed E-state index contributed by atoms with van der Waals surface area (Å²) in [7, 11) is 0. The molecule has 0 bridgehead atoms. The highest BCUT2D eigenvalue weighted by Crippen LogP contribution is 2.26. The van der Waals surface area contributed by atoms with Gasteiger partial charge in [-0.05, 0) is 54.1 Å². The van der Waals surface area contributed by atoms with Gasteiger partial charge in [-0.3, -0.25) is 14.6 Å². The number of aromatic nitrogens is 2. The molecule has 0 aliphatic rings. The van der Waals surface area contributed by atoms with E-state index in [1.165, 1.54) is 0 Å². The quantitative estimate of drug-likeness (QED) is 0.297. The predicted octanol–water partition coefficient (Wildman–Crippen LogP) is 6.64. The molecule has 0 atom stereocenters. The minimum atomic E-state index is -0.482. The Morgan fingerprint density at radius 3 is 2.10 bits per heavy atom. The Balaban J connectivity index is 1.53.